The topological polar surface area (TPSA) is 49.3 Å². The van der Waals surface area contributed by atoms with Crippen LogP contribution in [0, 0.1) is 6.92 Å². The van der Waals surface area contributed by atoms with E-state index in [4.69, 9.17) is 5.11 Å². The van der Waals surface area contributed by atoms with Crippen LogP contribution < -0.4 is 5.32 Å². The Morgan fingerprint density at radius 3 is 2.53 bits per heavy atom. The molecule has 0 heterocycles. The monoisotopic (exact) mass is 207 g/mol. The summed E-state index contributed by atoms with van der Waals surface area (Å²) in [6.07, 6.45) is 0.850. The first-order valence-electron chi connectivity index (χ1n) is 5.13. The van der Waals surface area contributed by atoms with E-state index in [1.807, 2.05) is 38.1 Å². The lowest BCUT2D eigenvalue weighted by atomic mass is 10.1. The summed E-state index contributed by atoms with van der Waals surface area (Å²) in [4.78, 5) is 10.4. The number of carboxylic acids is 1. The second-order valence-corrected chi connectivity index (χ2v) is 3.84. The van der Waals surface area contributed by atoms with E-state index in [0.717, 1.165) is 5.69 Å². The van der Waals surface area contributed by atoms with Crippen LogP contribution in [-0.2, 0) is 4.79 Å². The number of aryl methyl sites for hydroxylation is 1. The van der Waals surface area contributed by atoms with Gasteiger partial charge in [0.15, 0.2) is 0 Å². The Labute approximate surface area is 90.1 Å². The van der Waals surface area contributed by atoms with Crippen molar-refractivity contribution in [2.45, 2.75) is 32.7 Å². The van der Waals surface area contributed by atoms with Gasteiger partial charge in [-0.3, -0.25) is 4.79 Å². The second kappa shape index (κ2) is 5.39. The third kappa shape index (κ3) is 4.49. The fourth-order valence-corrected chi connectivity index (χ4v) is 1.35. The summed E-state index contributed by atoms with van der Waals surface area (Å²) >= 11 is 0. The molecule has 15 heavy (non-hydrogen) atoms. The summed E-state index contributed by atoms with van der Waals surface area (Å²) in [5, 5.41) is 11.8. The van der Waals surface area contributed by atoms with Crippen LogP contribution in [0.4, 0.5) is 5.69 Å². The van der Waals surface area contributed by atoms with E-state index >= 15 is 0 Å². The number of aliphatic carboxylic acids is 1. The molecule has 0 bridgehead atoms. The minimum absolute atomic E-state index is 0.184. The van der Waals surface area contributed by atoms with Crippen molar-refractivity contribution in [1.82, 2.24) is 0 Å². The molecule has 0 aliphatic heterocycles. The van der Waals surface area contributed by atoms with Gasteiger partial charge in [0.1, 0.15) is 0 Å². The molecule has 3 heteroatoms. The number of hydrogen-bond donors (Lipinski definition) is 2. The van der Waals surface area contributed by atoms with Gasteiger partial charge < -0.3 is 10.4 Å². The van der Waals surface area contributed by atoms with E-state index in [0.29, 0.717) is 6.42 Å². The number of benzene rings is 1. The zero-order valence-corrected chi connectivity index (χ0v) is 9.16. The lowest BCUT2D eigenvalue weighted by Crippen LogP contribution is -2.16. The van der Waals surface area contributed by atoms with Crippen molar-refractivity contribution in [1.29, 1.82) is 0 Å². The summed E-state index contributed by atoms with van der Waals surface area (Å²) in [6, 6.07) is 8.27. The van der Waals surface area contributed by atoms with Gasteiger partial charge >= 0.3 is 5.97 Å². The highest BCUT2D eigenvalue weighted by Crippen LogP contribution is 2.11. The molecule has 1 unspecified atom stereocenters. The Morgan fingerprint density at radius 2 is 2.00 bits per heavy atom. The molecule has 0 amide bonds. The molecule has 1 aromatic rings. The fourth-order valence-electron chi connectivity index (χ4n) is 1.35. The van der Waals surface area contributed by atoms with Crippen molar-refractivity contribution in [2.24, 2.45) is 0 Å². The molecule has 1 aromatic carbocycles. The molecule has 0 aliphatic rings. The first-order valence-corrected chi connectivity index (χ1v) is 5.13. The number of hydrogen-bond acceptors (Lipinski definition) is 2. The summed E-state index contributed by atoms with van der Waals surface area (Å²) in [7, 11) is 0. The fraction of sp³-hybridized carbons (Fsp3) is 0.417. The maximum atomic E-state index is 10.4. The molecular formula is C12H17NO2. The number of carbonyl (C=O) groups is 1. The van der Waals surface area contributed by atoms with Gasteiger partial charge in [0.05, 0.1) is 0 Å². The van der Waals surface area contributed by atoms with Gasteiger partial charge in [0.2, 0.25) is 0 Å². The van der Waals surface area contributed by atoms with E-state index in [1.165, 1.54) is 5.56 Å². The zero-order chi connectivity index (χ0) is 11.3. The van der Waals surface area contributed by atoms with E-state index in [1.54, 1.807) is 0 Å². The maximum absolute atomic E-state index is 10.4. The Hall–Kier alpha value is -1.51. The summed E-state index contributed by atoms with van der Waals surface area (Å²) in [5.41, 5.74) is 2.26. The van der Waals surface area contributed by atoms with Crippen LogP contribution in [0.3, 0.4) is 0 Å². The number of nitrogens with one attached hydrogen (secondary N) is 1. The minimum Gasteiger partial charge on any atom is -0.481 e. The first kappa shape index (κ1) is 11.6. The quantitative estimate of drug-likeness (QED) is 0.780. The molecule has 0 aromatic heterocycles. The standard InChI is InChI=1S/C12H17NO2/c1-9-3-6-11(7-4-9)13-10(2)5-8-12(14)15/h3-4,6-7,10,13H,5,8H2,1-2H3,(H,14,15). The average molecular weight is 207 g/mol. The van der Waals surface area contributed by atoms with Gasteiger partial charge in [-0.05, 0) is 32.4 Å². The molecule has 2 N–H and O–H groups in total. The number of rotatable bonds is 5. The normalized spacial score (nSPS) is 12.1. The van der Waals surface area contributed by atoms with Gasteiger partial charge in [0.25, 0.3) is 0 Å². The van der Waals surface area contributed by atoms with Gasteiger partial charge in [-0.2, -0.15) is 0 Å². The van der Waals surface area contributed by atoms with Crippen molar-refractivity contribution >= 4 is 11.7 Å². The third-order valence-corrected chi connectivity index (χ3v) is 2.26. The number of carboxylic acid groups (broad SMARTS) is 1. The summed E-state index contributed by atoms with van der Waals surface area (Å²) in [6.45, 7) is 4.03. The molecule has 3 nitrogen and oxygen atoms in total. The Bertz CT molecular complexity index is 319. The van der Waals surface area contributed by atoms with E-state index in [-0.39, 0.29) is 12.5 Å². The molecule has 0 aliphatic carbocycles. The highest BCUT2D eigenvalue weighted by molar-refractivity contribution is 5.66. The predicted octanol–water partition coefficient (Wildman–Crippen LogP) is 2.66. The van der Waals surface area contributed by atoms with Crippen LogP contribution in [0.5, 0.6) is 0 Å². The molecule has 1 rings (SSSR count). The Kier molecular flexibility index (Phi) is 4.16. The molecule has 82 valence electrons. The Balaban J connectivity index is 2.40. The molecule has 0 spiro atoms. The largest absolute Gasteiger partial charge is 0.481 e. The lowest BCUT2D eigenvalue weighted by molar-refractivity contribution is -0.137. The molecule has 0 saturated heterocycles. The van der Waals surface area contributed by atoms with E-state index < -0.39 is 5.97 Å². The molecule has 0 fully saturated rings. The summed E-state index contributed by atoms with van der Waals surface area (Å²) < 4.78 is 0. The van der Waals surface area contributed by atoms with Gasteiger partial charge in [0, 0.05) is 18.2 Å². The minimum atomic E-state index is -0.743. The van der Waals surface area contributed by atoms with E-state index in [9.17, 15) is 4.79 Å². The van der Waals surface area contributed by atoms with Crippen molar-refractivity contribution in [3.63, 3.8) is 0 Å². The van der Waals surface area contributed by atoms with Crippen molar-refractivity contribution in [3.8, 4) is 0 Å². The highest BCUT2D eigenvalue weighted by Gasteiger charge is 2.04. The number of anilines is 1. The third-order valence-electron chi connectivity index (χ3n) is 2.26. The van der Waals surface area contributed by atoms with Crippen LogP contribution >= 0.6 is 0 Å². The van der Waals surface area contributed by atoms with Gasteiger partial charge in [-0.15, -0.1) is 0 Å². The molecular weight excluding hydrogens is 190 g/mol. The van der Waals surface area contributed by atoms with Crippen LogP contribution in [0.25, 0.3) is 0 Å². The smallest absolute Gasteiger partial charge is 0.303 e. The van der Waals surface area contributed by atoms with Crippen molar-refractivity contribution < 1.29 is 9.90 Å². The van der Waals surface area contributed by atoms with Gasteiger partial charge in [-0.25, -0.2) is 0 Å². The van der Waals surface area contributed by atoms with Crippen molar-refractivity contribution in [2.75, 3.05) is 5.32 Å². The van der Waals surface area contributed by atoms with Gasteiger partial charge in [-0.1, -0.05) is 17.7 Å². The SMILES string of the molecule is Cc1ccc(NC(C)CCC(=O)O)cc1. The highest BCUT2D eigenvalue weighted by atomic mass is 16.4. The molecule has 0 radical (unpaired) electrons. The van der Waals surface area contributed by atoms with Crippen molar-refractivity contribution in [3.05, 3.63) is 29.8 Å². The summed E-state index contributed by atoms with van der Waals surface area (Å²) in [5.74, 6) is -0.743. The van der Waals surface area contributed by atoms with Crippen LogP contribution in [0.1, 0.15) is 25.3 Å². The first-order chi connectivity index (χ1) is 7.08. The van der Waals surface area contributed by atoms with E-state index in [2.05, 4.69) is 5.32 Å². The second-order valence-electron chi connectivity index (χ2n) is 3.84. The average Bonchev–Trinajstić information content (AvgIpc) is 2.19. The van der Waals surface area contributed by atoms with Crippen LogP contribution in [0.2, 0.25) is 0 Å². The van der Waals surface area contributed by atoms with Crippen LogP contribution in [-0.4, -0.2) is 17.1 Å². The lowest BCUT2D eigenvalue weighted by Gasteiger charge is -2.14. The van der Waals surface area contributed by atoms with Crippen LogP contribution in [0.15, 0.2) is 24.3 Å². The maximum Gasteiger partial charge on any atom is 0.303 e. The predicted molar refractivity (Wildman–Crippen MR) is 61.1 cm³/mol. The molecule has 0 saturated carbocycles. The molecule has 1 atom stereocenters. The Morgan fingerprint density at radius 1 is 1.40 bits per heavy atom. The zero-order valence-electron chi connectivity index (χ0n) is 9.16.